The number of hydrogen-bond donors (Lipinski definition) is 1. The second-order valence-corrected chi connectivity index (χ2v) is 7.88. The van der Waals surface area contributed by atoms with Crippen LogP contribution in [0.3, 0.4) is 0 Å². The lowest BCUT2D eigenvalue weighted by molar-refractivity contribution is -0.962. The van der Waals surface area contributed by atoms with Crippen LogP contribution in [0.15, 0.2) is 41.5 Å². The van der Waals surface area contributed by atoms with E-state index in [1.54, 1.807) is 14.2 Å². The van der Waals surface area contributed by atoms with Gasteiger partial charge < -0.3 is 15.0 Å². The lowest BCUT2D eigenvalue weighted by Gasteiger charge is -2.34. The fraction of sp³-hybridized carbons (Fsp3) is 0.455. The van der Waals surface area contributed by atoms with Crippen LogP contribution in [-0.2, 0) is 9.57 Å². The molecule has 1 aliphatic carbocycles. The summed E-state index contributed by atoms with van der Waals surface area (Å²) in [5.41, 5.74) is 3.54. The molecule has 8 heteroatoms. The average Bonchev–Trinajstić information content (AvgIpc) is 3.39. The quantitative estimate of drug-likeness (QED) is 0.694. The molecule has 0 amide bonds. The van der Waals surface area contributed by atoms with E-state index >= 15 is 0 Å². The highest BCUT2D eigenvalue weighted by Gasteiger charge is 2.49. The molecule has 0 aromatic carbocycles. The normalized spacial score (nSPS) is 24.5. The number of likely N-dealkylation sites (tertiary alicyclic amines) is 1. The van der Waals surface area contributed by atoms with Gasteiger partial charge in [-0.1, -0.05) is 16.8 Å². The second-order valence-electron chi connectivity index (χ2n) is 7.88. The molecular formula is C22H29ClN5O2+. The van der Waals surface area contributed by atoms with E-state index in [-0.39, 0.29) is 17.1 Å². The Balaban J connectivity index is 0.00000218. The van der Waals surface area contributed by atoms with E-state index in [0.29, 0.717) is 0 Å². The molecule has 0 saturated carbocycles. The highest BCUT2D eigenvalue weighted by molar-refractivity contribution is 5.85. The number of ether oxygens (including phenoxy) is 1. The molecule has 1 N–H and O–H groups in total. The van der Waals surface area contributed by atoms with Crippen LogP contribution in [0.5, 0.6) is 0 Å². The minimum atomic E-state index is 0. The summed E-state index contributed by atoms with van der Waals surface area (Å²) in [5.74, 6) is 1.57. The Kier molecular flexibility index (Phi) is 5.97. The predicted molar refractivity (Wildman–Crippen MR) is 118 cm³/mol. The predicted octanol–water partition coefficient (Wildman–Crippen LogP) is 1.79. The van der Waals surface area contributed by atoms with E-state index in [9.17, 15) is 0 Å². The summed E-state index contributed by atoms with van der Waals surface area (Å²) in [6.07, 6.45) is 15.1. The first kappa shape index (κ1) is 21.1. The largest absolute Gasteiger partial charge is 0.452 e. The molecule has 4 aliphatic rings. The molecule has 4 heterocycles. The zero-order chi connectivity index (χ0) is 19.8. The fourth-order valence-corrected chi connectivity index (χ4v) is 4.86. The second kappa shape index (κ2) is 8.51. The molecule has 3 aliphatic heterocycles. The van der Waals surface area contributed by atoms with Crippen LogP contribution in [-0.4, -0.2) is 60.1 Å². The summed E-state index contributed by atoms with van der Waals surface area (Å²) in [6.45, 7) is 4.25. The summed E-state index contributed by atoms with van der Waals surface area (Å²) in [5, 5.41) is 14.3. The van der Waals surface area contributed by atoms with Gasteiger partial charge in [-0.25, -0.2) is 0 Å². The van der Waals surface area contributed by atoms with Crippen LogP contribution in [0.2, 0.25) is 0 Å². The van der Waals surface area contributed by atoms with Crippen molar-refractivity contribution in [2.24, 2.45) is 0 Å². The molecule has 0 bridgehead atoms. The number of methoxy groups -OCH3 is 1. The number of halogens is 1. The first-order valence-electron chi connectivity index (χ1n) is 10.4. The van der Waals surface area contributed by atoms with E-state index in [4.69, 9.17) is 9.57 Å². The zero-order valence-electron chi connectivity index (χ0n) is 17.6. The van der Waals surface area contributed by atoms with Gasteiger partial charge in [0, 0.05) is 24.7 Å². The highest BCUT2D eigenvalue weighted by Crippen LogP contribution is 2.43. The average molecular weight is 431 g/mol. The maximum atomic E-state index is 6.07. The molecular weight excluding hydrogens is 402 g/mol. The SMILES string of the molecule is COC1=CC2=C(C=CCC2)C2=c3c(NCCN4CCCC4)nncc3=C[N+]12OC.Cl. The molecule has 0 radical (unpaired) electrons. The van der Waals surface area contributed by atoms with Crippen molar-refractivity contribution >= 4 is 30.1 Å². The van der Waals surface area contributed by atoms with Gasteiger partial charge in [0.25, 0.3) is 0 Å². The molecule has 1 atom stereocenters. The van der Waals surface area contributed by atoms with Gasteiger partial charge >= 0.3 is 5.88 Å². The van der Waals surface area contributed by atoms with Crippen molar-refractivity contribution in [1.82, 2.24) is 15.1 Å². The molecule has 1 aromatic heterocycles. The smallest absolute Gasteiger partial charge is 0.335 e. The molecule has 5 rings (SSSR count). The van der Waals surface area contributed by atoms with Crippen LogP contribution >= 0.6 is 12.4 Å². The van der Waals surface area contributed by atoms with Crippen molar-refractivity contribution in [3.05, 3.63) is 51.9 Å². The van der Waals surface area contributed by atoms with E-state index in [2.05, 4.69) is 44.8 Å². The number of nitrogens with zero attached hydrogens (tertiary/aromatic N) is 4. The molecule has 7 nitrogen and oxygen atoms in total. The number of hydroxylamine groups is 3. The first-order valence-corrected chi connectivity index (χ1v) is 10.4. The van der Waals surface area contributed by atoms with Crippen LogP contribution in [0.1, 0.15) is 25.7 Å². The number of rotatable bonds is 6. The van der Waals surface area contributed by atoms with Crippen molar-refractivity contribution in [3.8, 4) is 0 Å². The first-order chi connectivity index (χ1) is 14.3. The molecule has 1 unspecified atom stereocenters. The van der Waals surface area contributed by atoms with Gasteiger partial charge in [-0.3, -0.25) is 0 Å². The third kappa shape index (κ3) is 3.26. The maximum absolute atomic E-state index is 6.07. The van der Waals surface area contributed by atoms with E-state index in [0.717, 1.165) is 53.8 Å². The van der Waals surface area contributed by atoms with Gasteiger partial charge in [0.05, 0.1) is 30.9 Å². The number of allylic oxidation sites excluding steroid dienone is 3. The number of hydrogen-bond acceptors (Lipinski definition) is 6. The standard InChI is InChI=1S/C22H28N5O2.ClH/c1-28-19-13-16-7-3-4-8-18(16)21-20-17(15-27(19,21)29-2)14-24-25-22(20)23-9-12-26-10-5-6-11-26;/h4,8,13-15H,3,5-7,9-12H2,1-2H3,(H,23,25);1H/q+1;. The molecule has 0 spiro atoms. The maximum Gasteiger partial charge on any atom is 0.335 e. The molecule has 30 heavy (non-hydrogen) atoms. The molecule has 1 aromatic rings. The topological polar surface area (TPSA) is 59.5 Å². The lowest BCUT2D eigenvalue weighted by Crippen LogP contribution is -2.42. The highest BCUT2D eigenvalue weighted by atomic mass is 35.5. The lowest BCUT2D eigenvalue weighted by atomic mass is 9.91. The summed E-state index contributed by atoms with van der Waals surface area (Å²) in [6, 6.07) is 0. The van der Waals surface area contributed by atoms with Gasteiger partial charge in [-0.2, -0.15) is 9.94 Å². The molecule has 160 valence electrons. The Bertz CT molecular complexity index is 1040. The summed E-state index contributed by atoms with van der Waals surface area (Å²) in [7, 11) is 3.42. The summed E-state index contributed by atoms with van der Waals surface area (Å²) < 4.78 is 5.90. The number of fused-ring (bicyclic) bond motifs is 3. The number of quaternary nitrogens is 1. The zero-order valence-corrected chi connectivity index (χ0v) is 18.4. The van der Waals surface area contributed by atoms with Gasteiger partial charge in [0.15, 0.2) is 17.7 Å². The van der Waals surface area contributed by atoms with Gasteiger partial charge in [-0.15, -0.1) is 17.5 Å². The van der Waals surface area contributed by atoms with E-state index in [1.165, 1.54) is 37.1 Å². The monoisotopic (exact) mass is 430 g/mol. The molecule has 1 saturated heterocycles. The van der Waals surface area contributed by atoms with E-state index < -0.39 is 0 Å². The Labute approximate surface area is 183 Å². The van der Waals surface area contributed by atoms with Crippen LogP contribution in [0, 0.1) is 0 Å². The minimum Gasteiger partial charge on any atom is -0.452 e. The van der Waals surface area contributed by atoms with Crippen LogP contribution < -0.4 is 15.8 Å². The van der Waals surface area contributed by atoms with Gasteiger partial charge in [0.1, 0.15) is 0 Å². The molecule has 1 fully saturated rings. The number of nitrogens with one attached hydrogen (secondary N) is 1. The van der Waals surface area contributed by atoms with Crippen molar-refractivity contribution in [3.63, 3.8) is 0 Å². The Morgan fingerprint density at radius 3 is 2.83 bits per heavy atom. The minimum absolute atomic E-state index is 0. The van der Waals surface area contributed by atoms with Gasteiger partial charge in [-0.05, 0) is 44.3 Å². The summed E-state index contributed by atoms with van der Waals surface area (Å²) in [4.78, 5) is 8.57. The Hall–Kier alpha value is -2.19. The van der Waals surface area contributed by atoms with Crippen molar-refractivity contribution < 1.29 is 14.2 Å². The fourth-order valence-electron chi connectivity index (χ4n) is 4.86. The summed E-state index contributed by atoms with van der Waals surface area (Å²) >= 11 is 0. The van der Waals surface area contributed by atoms with Gasteiger partial charge in [0.2, 0.25) is 0 Å². The van der Waals surface area contributed by atoms with Crippen molar-refractivity contribution in [1.29, 1.82) is 0 Å². The van der Waals surface area contributed by atoms with Crippen LogP contribution in [0.4, 0.5) is 5.82 Å². The number of anilines is 1. The Morgan fingerprint density at radius 1 is 1.23 bits per heavy atom. The third-order valence-electron chi connectivity index (χ3n) is 6.28. The van der Waals surface area contributed by atoms with Crippen molar-refractivity contribution in [2.75, 3.05) is 45.7 Å². The Morgan fingerprint density at radius 2 is 2.07 bits per heavy atom. The number of aromatic nitrogens is 2. The van der Waals surface area contributed by atoms with Crippen LogP contribution in [0.25, 0.3) is 11.9 Å². The third-order valence-corrected chi connectivity index (χ3v) is 6.28. The van der Waals surface area contributed by atoms with Crippen molar-refractivity contribution in [2.45, 2.75) is 25.7 Å². The van der Waals surface area contributed by atoms with E-state index in [1.807, 2.05) is 6.20 Å².